The van der Waals surface area contributed by atoms with Crippen LogP contribution in [0.25, 0.3) is 0 Å². The maximum absolute atomic E-state index is 10.4. The van der Waals surface area contributed by atoms with Gasteiger partial charge in [0.05, 0.1) is 5.56 Å². The summed E-state index contributed by atoms with van der Waals surface area (Å²) in [4.78, 5) is 10.4. The molecule has 0 heterocycles. The van der Waals surface area contributed by atoms with E-state index < -0.39 is 5.97 Å². The molecule has 0 saturated carbocycles. The molecular weight excluding hydrogens is 255 g/mol. The second kappa shape index (κ2) is 4.33. The van der Waals surface area contributed by atoms with Crippen molar-refractivity contribution in [2.75, 3.05) is 0 Å². The van der Waals surface area contributed by atoms with Crippen LogP contribution in [0.2, 0.25) is 0 Å². The summed E-state index contributed by atoms with van der Waals surface area (Å²) in [5.41, 5.74) is 1.18. The highest BCUT2D eigenvalue weighted by Gasteiger charge is 2.02. The summed E-state index contributed by atoms with van der Waals surface area (Å²) < 4.78 is 0. The molecule has 0 fully saturated rings. The number of aromatic carboxylic acids is 1. The second-order valence-electron chi connectivity index (χ2n) is 2.12. The Bertz CT molecular complexity index is 258. The third-order valence-corrected chi connectivity index (χ3v) is 1.38. The molecule has 0 aliphatic carbocycles. The molecule has 0 bridgehead atoms. The van der Waals surface area contributed by atoms with E-state index >= 15 is 0 Å². The number of carbonyl (C=O) groups is 1. The van der Waals surface area contributed by atoms with Gasteiger partial charge in [-0.05, 0) is 18.6 Å². The van der Waals surface area contributed by atoms with Gasteiger partial charge in [-0.3, -0.25) is 0 Å². The van der Waals surface area contributed by atoms with Crippen molar-refractivity contribution >= 4 is 29.9 Å². The zero-order valence-electron chi connectivity index (χ0n) is 6.07. The molecule has 1 aromatic carbocycles. The van der Waals surface area contributed by atoms with Crippen molar-refractivity contribution in [2.45, 2.75) is 6.92 Å². The molecule has 1 N–H and O–H groups in total. The standard InChI is InChI=1S/C8H8O2.HI/c1-6-4-2-3-5-7(6)8(9)10;/h2-5H,1H3,(H,9,10);1H. The maximum Gasteiger partial charge on any atom is 0.335 e. The van der Waals surface area contributed by atoms with E-state index in [9.17, 15) is 4.79 Å². The molecule has 0 atom stereocenters. The van der Waals surface area contributed by atoms with Crippen molar-refractivity contribution in [3.8, 4) is 0 Å². The molecule has 2 nitrogen and oxygen atoms in total. The van der Waals surface area contributed by atoms with E-state index in [0.29, 0.717) is 5.56 Å². The fourth-order valence-electron chi connectivity index (χ4n) is 0.813. The second-order valence-corrected chi connectivity index (χ2v) is 2.12. The van der Waals surface area contributed by atoms with E-state index in [-0.39, 0.29) is 24.0 Å². The first-order valence-corrected chi connectivity index (χ1v) is 3.01. The summed E-state index contributed by atoms with van der Waals surface area (Å²) >= 11 is 0. The number of hydrogen-bond acceptors (Lipinski definition) is 1. The van der Waals surface area contributed by atoms with Crippen molar-refractivity contribution in [3.05, 3.63) is 35.4 Å². The van der Waals surface area contributed by atoms with E-state index in [1.165, 1.54) is 0 Å². The molecule has 11 heavy (non-hydrogen) atoms. The normalized spacial score (nSPS) is 8.45. The van der Waals surface area contributed by atoms with Gasteiger partial charge < -0.3 is 5.11 Å². The molecule has 3 heteroatoms. The van der Waals surface area contributed by atoms with Crippen LogP contribution in [0.4, 0.5) is 0 Å². The number of halogens is 1. The SMILES string of the molecule is Cc1ccccc1C(=O)O.I. The zero-order valence-corrected chi connectivity index (χ0v) is 8.40. The minimum atomic E-state index is -0.863. The highest BCUT2D eigenvalue weighted by Crippen LogP contribution is 2.05. The summed E-state index contributed by atoms with van der Waals surface area (Å²) in [6, 6.07) is 6.92. The van der Waals surface area contributed by atoms with Gasteiger partial charge in [-0.15, -0.1) is 24.0 Å². The van der Waals surface area contributed by atoms with Crippen LogP contribution in [0, 0.1) is 6.92 Å². The Morgan fingerprint density at radius 3 is 2.27 bits per heavy atom. The van der Waals surface area contributed by atoms with Gasteiger partial charge in [0.15, 0.2) is 0 Å². The zero-order chi connectivity index (χ0) is 7.56. The molecule has 0 saturated heterocycles. The first kappa shape index (κ1) is 10.4. The van der Waals surface area contributed by atoms with Crippen LogP contribution in [-0.4, -0.2) is 11.1 Å². The van der Waals surface area contributed by atoms with Gasteiger partial charge in [-0.25, -0.2) is 4.79 Å². The molecule has 1 aromatic rings. The molecular formula is C8H9IO2. The molecule has 0 aliphatic heterocycles. The van der Waals surface area contributed by atoms with Crippen molar-refractivity contribution in [1.82, 2.24) is 0 Å². The van der Waals surface area contributed by atoms with Crippen molar-refractivity contribution in [1.29, 1.82) is 0 Å². The summed E-state index contributed by atoms with van der Waals surface area (Å²) in [5, 5.41) is 8.57. The van der Waals surface area contributed by atoms with E-state index in [2.05, 4.69) is 0 Å². The quantitative estimate of drug-likeness (QED) is 0.790. The largest absolute Gasteiger partial charge is 0.478 e. The fraction of sp³-hybridized carbons (Fsp3) is 0.125. The van der Waals surface area contributed by atoms with Crippen LogP contribution < -0.4 is 0 Å². The van der Waals surface area contributed by atoms with E-state index in [1.54, 1.807) is 25.1 Å². The average Bonchev–Trinajstić information content (AvgIpc) is 1.88. The molecule has 0 spiro atoms. The summed E-state index contributed by atoms with van der Waals surface area (Å²) in [5.74, 6) is -0.863. The van der Waals surface area contributed by atoms with Crippen LogP contribution in [0.3, 0.4) is 0 Å². The van der Waals surface area contributed by atoms with Gasteiger partial charge in [-0.2, -0.15) is 0 Å². The number of aryl methyl sites for hydroxylation is 1. The van der Waals surface area contributed by atoms with Crippen LogP contribution in [0.5, 0.6) is 0 Å². The van der Waals surface area contributed by atoms with Gasteiger partial charge >= 0.3 is 5.97 Å². The minimum Gasteiger partial charge on any atom is -0.478 e. The fourth-order valence-corrected chi connectivity index (χ4v) is 0.813. The van der Waals surface area contributed by atoms with Crippen LogP contribution in [-0.2, 0) is 0 Å². The van der Waals surface area contributed by atoms with Gasteiger partial charge in [0.2, 0.25) is 0 Å². The predicted molar refractivity (Wildman–Crippen MR) is 53.6 cm³/mol. The summed E-state index contributed by atoms with van der Waals surface area (Å²) in [6.07, 6.45) is 0. The van der Waals surface area contributed by atoms with Crippen molar-refractivity contribution < 1.29 is 9.90 Å². The highest BCUT2D eigenvalue weighted by atomic mass is 127. The lowest BCUT2D eigenvalue weighted by Gasteiger charge is -1.96. The minimum absolute atomic E-state index is 0. The van der Waals surface area contributed by atoms with Crippen LogP contribution in [0.1, 0.15) is 15.9 Å². The lowest BCUT2D eigenvalue weighted by molar-refractivity contribution is 0.0696. The number of carboxylic acid groups (broad SMARTS) is 1. The highest BCUT2D eigenvalue weighted by molar-refractivity contribution is 14.0. The smallest absolute Gasteiger partial charge is 0.335 e. The van der Waals surface area contributed by atoms with Gasteiger partial charge in [0.1, 0.15) is 0 Å². The lowest BCUT2D eigenvalue weighted by Crippen LogP contribution is -1.97. The number of rotatable bonds is 1. The van der Waals surface area contributed by atoms with Crippen LogP contribution >= 0.6 is 24.0 Å². The maximum atomic E-state index is 10.4. The topological polar surface area (TPSA) is 37.3 Å². The van der Waals surface area contributed by atoms with Gasteiger partial charge in [-0.1, -0.05) is 18.2 Å². The lowest BCUT2D eigenvalue weighted by atomic mass is 10.1. The van der Waals surface area contributed by atoms with Crippen LogP contribution in [0.15, 0.2) is 24.3 Å². The Labute approximate surface area is 82.3 Å². The van der Waals surface area contributed by atoms with E-state index in [0.717, 1.165) is 5.56 Å². The Hall–Kier alpha value is -0.580. The average molecular weight is 264 g/mol. The Kier molecular flexibility index (Phi) is 4.10. The molecule has 60 valence electrons. The number of hydrogen-bond donors (Lipinski definition) is 1. The Morgan fingerprint density at radius 1 is 1.36 bits per heavy atom. The molecule has 1 rings (SSSR count). The monoisotopic (exact) mass is 264 g/mol. The summed E-state index contributed by atoms with van der Waals surface area (Å²) in [6.45, 7) is 1.78. The Balaban J connectivity index is 0.000001000. The molecule has 0 radical (unpaired) electrons. The number of benzene rings is 1. The van der Waals surface area contributed by atoms with Crippen molar-refractivity contribution in [2.24, 2.45) is 0 Å². The molecule has 0 unspecified atom stereocenters. The Morgan fingerprint density at radius 2 is 1.91 bits per heavy atom. The molecule has 0 amide bonds. The molecule has 0 aromatic heterocycles. The van der Waals surface area contributed by atoms with Gasteiger partial charge in [0, 0.05) is 0 Å². The predicted octanol–water partition coefficient (Wildman–Crippen LogP) is 2.31. The first-order chi connectivity index (χ1) is 4.72. The van der Waals surface area contributed by atoms with E-state index in [4.69, 9.17) is 5.11 Å². The first-order valence-electron chi connectivity index (χ1n) is 3.01. The molecule has 0 aliphatic rings. The number of carboxylic acids is 1. The third-order valence-electron chi connectivity index (χ3n) is 1.38. The summed E-state index contributed by atoms with van der Waals surface area (Å²) in [7, 11) is 0. The van der Waals surface area contributed by atoms with Crippen molar-refractivity contribution in [3.63, 3.8) is 0 Å². The van der Waals surface area contributed by atoms with E-state index in [1.807, 2.05) is 6.07 Å². The third kappa shape index (κ3) is 2.49. The van der Waals surface area contributed by atoms with Gasteiger partial charge in [0.25, 0.3) is 0 Å².